The molecule has 0 spiro atoms. The van der Waals surface area contributed by atoms with E-state index in [4.69, 9.17) is 9.84 Å². The zero-order chi connectivity index (χ0) is 22.1. The fraction of sp³-hybridized carbons (Fsp3) is 0.458. The predicted molar refractivity (Wildman–Crippen MR) is 115 cm³/mol. The van der Waals surface area contributed by atoms with Crippen molar-refractivity contribution in [1.82, 2.24) is 10.2 Å². The van der Waals surface area contributed by atoms with Crippen LogP contribution in [0.2, 0.25) is 0 Å². The number of amides is 1. The van der Waals surface area contributed by atoms with Gasteiger partial charge < -0.3 is 15.2 Å². The van der Waals surface area contributed by atoms with Crippen molar-refractivity contribution in [2.45, 2.75) is 45.2 Å². The van der Waals surface area contributed by atoms with Crippen LogP contribution in [0.4, 0.5) is 8.78 Å². The van der Waals surface area contributed by atoms with Crippen LogP contribution in [0.3, 0.4) is 0 Å². The van der Waals surface area contributed by atoms with Crippen molar-refractivity contribution >= 4 is 5.91 Å². The van der Waals surface area contributed by atoms with Gasteiger partial charge in [-0.1, -0.05) is 18.2 Å². The molecule has 0 unspecified atom stereocenters. The summed E-state index contributed by atoms with van der Waals surface area (Å²) in [5, 5.41) is 12.0. The number of ether oxygens (including phenoxy) is 1. The number of hydrogen-bond acceptors (Lipinski definition) is 4. The SMILES string of the molecule is O=C1CN(Cc2c(F)cccc2F)Cc2cc(CCCO)ccc2OCCCCCN1. The second kappa shape index (κ2) is 11.8. The van der Waals surface area contributed by atoms with E-state index in [1.54, 1.807) is 4.90 Å². The molecule has 0 aromatic heterocycles. The van der Waals surface area contributed by atoms with Gasteiger partial charge in [0.2, 0.25) is 5.91 Å². The van der Waals surface area contributed by atoms with Gasteiger partial charge in [-0.25, -0.2) is 8.78 Å². The van der Waals surface area contributed by atoms with E-state index in [1.165, 1.54) is 18.2 Å². The Morgan fingerprint density at radius 3 is 2.65 bits per heavy atom. The monoisotopic (exact) mass is 432 g/mol. The molecule has 0 aliphatic carbocycles. The molecule has 7 heteroatoms. The molecule has 1 amide bonds. The summed E-state index contributed by atoms with van der Waals surface area (Å²) >= 11 is 0. The second-order valence-corrected chi connectivity index (χ2v) is 7.87. The van der Waals surface area contributed by atoms with E-state index in [1.807, 2.05) is 18.2 Å². The number of halogens is 2. The maximum absolute atomic E-state index is 14.3. The Morgan fingerprint density at radius 1 is 1.06 bits per heavy atom. The van der Waals surface area contributed by atoms with Gasteiger partial charge in [-0.05, 0) is 55.9 Å². The molecule has 1 heterocycles. The second-order valence-electron chi connectivity index (χ2n) is 7.87. The third kappa shape index (κ3) is 7.01. The lowest BCUT2D eigenvalue weighted by Crippen LogP contribution is -2.37. The van der Waals surface area contributed by atoms with E-state index in [2.05, 4.69) is 5.32 Å². The number of fused-ring (bicyclic) bond motifs is 1. The van der Waals surface area contributed by atoms with Crippen molar-refractivity contribution in [3.8, 4) is 5.75 Å². The van der Waals surface area contributed by atoms with E-state index in [0.717, 1.165) is 30.4 Å². The fourth-order valence-corrected chi connectivity index (χ4v) is 3.72. The molecule has 2 aromatic rings. The summed E-state index contributed by atoms with van der Waals surface area (Å²) in [7, 11) is 0. The molecule has 168 valence electrons. The van der Waals surface area contributed by atoms with Crippen molar-refractivity contribution in [3.05, 3.63) is 64.7 Å². The lowest BCUT2D eigenvalue weighted by molar-refractivity contribution is -0.122. The molecular formula is C24H30F2N2O3. The molecule has 0 radical (unpaired) electrons. The molecule has 2 N–H and O–H groups in total. The zero-order valence-corrected chi connectivity index (χ0v) is 17.7. The molecule has 1 aliphatic rings. The average Bonchev–Trinajstić information content (AvgIpc) is 2.76. The third-order valence-electron chi connectivity index (χ3n) is 5.35. The first-order valence-corrected chi connectivity index (χ1v) is 10.8. The van der Waals surface area contributed by atoms with Crippen LogP contribution in [0, 0.1) is 11.6 Å². The number of carbonyl (C=O) groups is 1. The van der Waals surface area contributed by atoms with E-state index in [-0.39, 0.29) is 31.2 Å². The Bertz CT molecular complexity index is 856. The molecule has 0 bridgehead atoms. The third-order valence-corrected chi connectivity index (χ3v) is 5.35. The Morgan fingerprint density at radius 2 is 1.87 bits per heavy atom. The molecule has 0 saturated heterocycles. The first-order chi connectivity index (χ1) is 15.1. The van der Waals surface area contributed by atoms with Crippen LogP contribution < -0.4 is 10.1 Å². The van der Waals surface area contributed by atoms with Gasteiger partial charge in [-0.2, -0.15) is 0 Å². The quantitative estimate of drug-likeness (QED) is 0.758. The first kappa shape index (κ1) is 23.2. The number of aryl methyl sites for hydroxylation is 1. The Balaban J connectivity index is 1.90. The smallest absolute Gasteiger partial charge is 0.234 e. The van der Waals surface area contributed by atoms with Gasteiger partial charge in [-0.3, -0.25) is 9.69 Å². The summed E-state index contributed by atoms with van der Waals surface area (Å²) in [6.07, 6.45) is 4.03. The number of nitrogens with zero attached hydrogens (tertiary/aromatic N) is 1. The first-order valence-electron chi connectivity index (χ1n) is 10.8. The Kier molecular flexibility index (Phi) is 8.79. The molecule has 0 fully saturated rings. The lowest BCUT2D eigenvalue weighted by Gasteiger charge is -2.24. The van der Waals surface area contributed by atoms with Gasteiger partial charge in [0.15, 0.2) is 0 Å². The van der Waals surface area contributed by atoms with E-state index >= 15 is 0 Å². The molecule has 1 aliphatic heterocycles. The molecule has 2 aromatic carbocycles. The molecule has 5 nitrogen and oxygen atoms in total. The molecule has 31 heavy (non-hydrogen) atoms. The largest absolute Gasteiger partial charge is 0.493 e. The summed E-state index contributed by atoms with van der Waals surface area (Å²) in [5.74, 6) is -0.714. The van der Waals surface area contributed by atoms with E-state index in [0.29, 0.717) is 38.3 Å². The number of hydrogen-bond donors (Lipinski definition) is 2. The molecule has 0 atom stereocenters. The average molecular weight is 433 g/mol. The molecular weight excluding hydrogens is 402 g/mol. The lowest BCUT2D eigenvalue weighted by atomic mass is 10.0. The highest BCUT2D eigenvalue weighted by atomic mass is 19.1. The number of aliphatic hydroxyl groups is 1. The van der Waals surface area contributed by atoms with Gasteiger partial charge in [-0.15, -0.1) is 0 Å². The van der Waals surface area contributed by atoms with Gasteiger partial charge in [0.1, 0.15) is 17.4 Å². The highest BCUT2D eigenvalue weighted by molar-refractivity contribution is 5.78. The van der Waals surface area contributed by atoms with Crippen molar-refractivity contribution in [3.63, 3.8) is 0 Å². The number of nitrogens with one attached hydrogen (secondary N) is 1. The van der Waals surface area contributed by atoms with E-state index < -0.39 is 11.6 Å². The maximum atomic E-state index is 14.3. The molecule has 0 saturated carbocycles. The summed E-state index contributed by atoms with van der Waals surface area (Å²) in [5.41, 5.74) is 1.85. The van der Waals surface area contributed by atoms with Crippen molar-refractivity contribution < 1.29 is 23.4 Å². The zero-order valence-electron chi connectivity index (χ0n) is 17.7. The van der Waals surface area contributed by atoms with Crippen LogP contribution in [0.15, 0.2) is 36.4 Å². The summed E-state index contributed by atoms with van der Waals surface area (Å²) in [6.45, 7) is 1.54. The highest BCUT2D eigenvalue weighted by Gasteiger charge is 2.19. The van der Waals surface area contributed by atoms with Gasteiger partial charge in [0.25, 0.3) is 0 Å². The van der Waals surface area contributed by atoms with Gasteiger partial charge >= 0.3 is 0 Å². The predicted octanol–water partition coefficient (Wildman–Crippen LogP) is 3.57. The summed E-state index contributed by atoms with van der Waals surface area (Å²) < 4.78 is 34.6. The number of aliphatic hydroxyl groups excluding tert-OH is 1. The van der Waals surface area contributed by atoms with Crippen molar-refractivity contribution in [2.75, 3.05) is 26.3 Å². The van der Waals surface area contributed by atoms with Crippen LogP contribution >= 0.6 is 0 Å². The number of benzene rings is 2. The van der Waals surface area contributed by atoms with Crippen LogP contribution in [0.25, 0.3) is 0 Å². The minimum Gasteiger partial charge on any atom is -0.493 e. The van der Waals surface area contributed by atoms with Gasteiger partial charge in [0.05, 0.1) is 13.2 Å². The maximum Gasteiger partial charge on any atom is 0.234 e. The van der Waals surface area contributed by atoms with Crippen LogP contribution in [-0.2, 0) is 24.3 Å². The Labute approximate surface area is 182 Å². The Hall–Kier alpha value is -2.51. The number of rotatable bonds is 5. The normalized spacial score (nSPS) is 16.3. The summed E-state index contributed by atoms with van der Waals surface area (Å²) in [4.78, 5) is 14.2. The van der Waals surface area contributed by atoms with Crippen molar-refractivity contribution in [2.24, 2.45) is 0 Å². The molecule has 3 rings (SSSR count). The van der Waals surface area contributed by atoms with Crippen LogP contribution in [-0.4, -0.2) is 42.2 Å². The van der Waals surface area contributed by atoms with E-state index in [9.17, 15) is 13.6 Å². The minimum atomic E-state index is -0.628. The topological polar surface area (TPSA) is 61.8 Å². The van der Waals surface area contributed by atoms with Gasteiger partial charge in [0, 0.05) is 37.4 Å². The fourth-order valence-electron chi connectivity index (χ4n) is 3.72. The van der Waals surface area contributed by atoms with Crippen LogP contribution in [0.1, 0.15) is 42.4 Å². The van der Waals surface area contributed by atoms with Crippen molar-refractivity contribution in [1.29, 1.82) is 0 Å². The summed E-state index contributed by atoms with van der Waals surface area (Å²) in [6, 6.07) is 9.65. The van der Waals surface area contributed by atoms with Crippen LogP contribution in [0.5, 0.6) is 5.75 Å². The highest BCUT2D eigenvalue weighted by Crippen LogP contribution is 2.25. The number of carbonyl (C=O) groups excluding carboxylic acids is 1. The standard InChI is InChI=1S/C24H30F2N2O3/c25-21-7-4-8-22(26)20(21)16-28-15-19-14-18(6-5-12-29)9-10-23(19)31-13-3-1-2-11-27-24(30)17-28/h4,7-10,14,29H,1-3,5-6,11-13,15-17H2,(H,27,30). The minimum absolute atomic E-state index is 0.0219.